The van der Waals surface area contributed by atoms with E-state index in [1.807, 2.05) is 32.9 Å². The van der Waals surface area contributed by atoms with Crippen molar-refractivity contribution < 1.29 is 14.6 Å². The smallest absolute Gasteiger partial charge is 0.410 e. The largest absolute Gasteiger partial charge is 0.508 e. The highest BCUT2D eigenvalue weighted by Crippen LogP contribution is 2.28. The monoisotopic (exact) mass is 384 g/mol. The van der Waals surface area contributed by atoms with E-state index in [-0.39, 0.29) is 11.9 Å². The summed E-state index contributed by atoms with van der Waals surface area (Å²) in [5, 5.41) is 18.2. The Morgan fingerprint density at radius 1 is 1.39 bits per heavy atom. The highest BCUT2D eigenvalue weighted by molar-refractivity contribution is 5.78. The van der Waals surface area contributed by atoms with Gasteiger partial charge in [0, 0.05) is 24.2 Å². The molecule has 1 aromatic heterocycles. The molecule has 3 N–H and O–H groups in total. The summed E-state index contributed by atoms with van der Waals surface area (Å²) in [6.07, 6.45) is 6.99. The second-order valence-corrected chi connectivity index (χ2v) is 7.54. The van der Waals surface area contributed by atoms with Gasteiger partial charge in [-0.1, -0.05) is 24.8 Å². The minimum Gasteiger partial charge on any atom is -0.508 e. The van der Waals surface area contributed by atoms with Crippen molar-refractivity contribution in [3.63, 3.8) is 0 Å². The third-order valence-corrected chi connectivity index (χ3v) is 4.19. The van der Waals surface area contributed by atoms with E-state index in [1.54, 1.807) is 30.1 Å². The van der Waals surface area contributed by atoms with Crippen LogP contribution in [0.4, 0.5) is 10.6 Å². The number of aliphatic hydroxyl groups excluding tert-OH is 1. The first-order valence-corrected chi connectivity index (χ1v) is 9.12. The molecule has 28 heavy (non-hydrogen) atoms. The Labute approximate surface area is 165 Å². The van der Waals surface area contributed by atoms with Crippen molar-refractivity contribution in [2.45, 2.75) is 39.7 Å². The minimum atomic E-state index is -0.526. The lowest BCUT2D eigenvalue weighted by Gasteiger charge is -2.29. The van der Waals surface area contributed by atoms with Gasteiger partial charge < -0.3 is 20.5 Å². The predicted octanol–water partition coefficient (Wildman–Crippen LogP) is 4.11. The van der Waals surface area contributed by atoms with Crippen molar-refractivity contribution in [3.05, 3.63) is 54.0 Å². The summed E-state index contributed by atoms with van der Waals surface area (Å²) in [6.45, 7) is 11.8. The van der Waals surface area contributed by atoms with Crippen LogP contribution in [0.15, 0.2) is 42.7 Å². The number of hydrogen-bond donors (Lipinski definition) is 2. The standard InChI is InChI=1S/C21H28N4O3/c1-6-7-8-18(26)14(2)17-13-16(19(22)24-23-17)15-9-11-25(12-10-15)20(27)28-21(3,4)5/h6-9,13,26H,1,10-12H2,2-5H3,(H2,22,24)/b8-7-,18-14-. The highest BCUT2D eigenvalue weighted by Gasteiger charge is 2.24. The number of ether oxygens (including phenoxy) is 1. The van der Waals surface area contributed by atoms with Gasteiger partial charge >= 0.3 is 6.09 Å². The fourth-order valence-corrected chi connectivity index (χ4v) is 2.66. The zero-order valence-electron chi connectivity index (χ0n) is 16.9. The summed E-state index contributed by atoms with van der Waals surface area (Å²) in [5.41, 5.74) is 8.36. The van der Waals surface area contributed by atoms with Crippen LogP contribution in [0.3, 0.4) is 0 Å². The number of hydrogen-bond acceptors (Lipinski definition) is 6. The Morgan fingerprint density at radius 3 is 2.68 bits per heavy atom. The van der Waals surface area contributed by atoms with E-state index in [2.05, 4.69) is 16.8 Å². The number of rotatable bonds is 4. The molecular weight excluding hydrogens is 356 g/mol. The van der Waals surface area contributed by atoms with Crippen LogP contribution in [0.2, 0.25) is 0 Å². The zero-order chi connectivity index (χ0) is 20.9. The van der Waals surface area contributed by atoms with Gasteiger partial charge in [0.15, 0.2) is 5.82 Å². The molecule has 0 atom stereocenters. The molecule has 0 aliphatic carbocycles. The van der Waals surface area contributed by atoms with Gasteiger partial charge in [-0.15, -0.1) is 10.2 Å². The minimum absolute atomic E-state index is 0.0821. The topological polar surface area (TPSA) is 102 Å². The van der Waals surface area contributed by atoms with E-state index < -0.39 is 5.60 Å². The molecule has 150 valence electrons. The van der Waals surface area contributed by atoms with Gasteiger partial charge in [-0.25, -0.2) is 4.79 Å². The van der Waals surface area contributed by atoms with E-state index in [0.29, 0.717) is 36.6 Å². The predicted molar refractivity (Wildman–Crippen MR) is 111 cm³/mol. The zero-order valence-corrected chi connectivity index (χ0v) is 16.9. The summed E-state index contributed by atoms with van der Waals surface area (Å²) >= 11 is 0. The molecule has 1 amide bonds. The first kappa shape index (κ1) is 21.2. The molecule has 0 bridgehead atoms. The molecule has 2 rings (SSSR count). The molecular formula is C21H28N4O3. The summed E-state index contributed by atoms with van der Waals surface area (Å²) in [5.74, 6) is 0.397. The Morgan fingerprint density at radius 2 is 2.11 bits per heavy atom. The average molecular weight is 384 g/mol. The van der Waals surface area contributed by atoms with Crippen LogP contribution in [0.1, 0.15) is 45.4 Å². The summed E-state index contributed by atoms with van der Waals surface area (Å²) in [6, 6.07) is 1.81. The summed E-state index contributed by atoms with van der Waals surface area (Å²) < 4.78 is 5.41. The van der Waals surface area contributed by atoms with Gasteiger partial charge in [-0.05, 0) is 51.8 Å². The van der Waals surface area contributed by atoms with Crippen LogP contribution in [-0.4, -0.2) is 45.0 Å². The lowest BCUT2D eigenvalue weighted by Crippen LogP contribution is -2.39. The van der Waals surface area contributed by atoms with Crippen LogP contribution < -0.4 is 5.73 Å². The fourth-order valence-electron chi connectivity index (χ4n) is 2.66. The highest BCUT2D eigenvalue weighted by atomic mass is 16.6. The van der Waals surface area contributed by atoms with Gasteiger partial charge in [-0.2, -0.15) is 0 Å². The summed E-state index contributed by atoms with van der Waals surface area (Å²) in [7, 11) is 0. The molecule has 0 saturated heterocycles. The van der Waals surface area contributed by atoms with Crippen LogP contribution >= 0.6 is 0 Å². The van der Waals surface area contributed by atoms with Crippen molar-refractivity contribution in [1.82, 2.24) is 15.1 Å². The maximum Gasteiger partial charge on any atom is 0.410 e. The number of allylic oxidation sites excluding steroid dienone is 4. The third-order valence-electron chi connectivity index (χ3n) is 4.19. The van der Waals surface area contributed by atoms with Crippen LogP contribution in [0.25, 0.3) is 11.1 Å². The molecule has 1 aliphatic rings. The molecule has 0 spiro atoms. The van der Waals surface area contributed by atoms with Gasteiger partial charge in [0.2, 0.25) is 0 Å². The molecule has 1 aromatic rings. The number of aliphatic hydroxyl groups is 1. The lowest BCUT2D eigenvalue weighted by molar-refractivity contribution is 0.0270. The number of amides is 1. The maximum absolute atomic E-state index is 12.2. The lowest BCUT2D eigenvalue weighted by atomic mass is 9.98. The summed E-state index contributed by atoms with van der Waals surface area (Å²) in [4.78, 5) is 13.9. The first-order chi connectivity index (χ1) is 13.1. The molecule has 0 fully saturated rings. The van der Waals surface area contributed by atoms with E-state index in [1.165, 1.54) is 0 Å². The SMILES string of the molecule is C=C/C=C\C(O)=C(/C)c1cc(C2=CCN(C(=O)OC(C)(C)C)CC2)c(N)nn1. The number of nitrogen functional groups attached to an aromatic ring is 1. The molecule has 0 radical (unpaired) electrons. The van der Waals surface area contributed by atoms with Gasteiger partial charge in [0.1, 0.15) is 11.4 Å². The molecule has 0 aromatic carbocycles. The molecule has 1 aliphatic heterocycles. The number of aromatic nitrogens is 2. The van der Waals surface area contributed by atoms with E-state index in [0.717, 1.165) is 11.1 Å². The van der Waals surface area contributed by atoms with Gasteiger partial charge in [0.25, 0.3) is 0 Å². The number of nitrogens with two attached hydrogens (primary N) is 1. The molecule has 7 nitrogen and oxygen atoms in total. The molecule has 7 heteroatoms. The second kappa shape index (κ2) is 8.73. The van der Waals surface area contributed by atoms with Gasteiger partial charge in [0.05, 0.1) is 5.69 Å². The number of carbonyl (C=O) groups excluding carboxylic acids is 1. The Kier molecular flexibility index (Phi) is 6.62. The van der Waals surface area contributed by atoms with Crippen molar-refractivity contribution in [2.75, 3.05) is 18.8 Å². The molecule has 2 heterocycles. The first-order valence-electron chi connectivity index (χ1n) is 9.12. The average Bonchev–Trinajstić information content (AvgIpc) is 2.64. The normalized spacial score (nSPS) is 15.9. The quantitative estimate of drug-likeness (QED) is 0.598. The fraction of sp³-hybridized carbons (Fsp3) is 0.381. The number of anilines is 1. The second-order valence-electron chi connectivity index (χ2n) is 7.54. The van der Waals surface area contributed by atoms with Gasteiger partial charge in [-0.3, -0.25) is 0 Å². The van der Waals surface area contributed by atoms with E-state index in [9.17, 15) is 9.90 Å². The Balaban J connectivity index is 2.24. The number of nitrogens with zero attached hydrogens (tertiary/aromatic N) is 3. The van der Waals surface area contributed by atoms with Crippen LogP contribution in [-0.2, 0) is 4.74 Å². The molecule has 0 saturated carbocycles. The Hall–Kier alpha value is -3.09. The number of carbonyl (C=O) groups is 1. The van der Waals surface area contributed by atoms with Crippen molar-refractivity contribution in [1.29, 1.82) is 0 Å². The van der Waals surface area contributed by atoms with Crippen molar-refractivity contribution >= 4 is 23.1 Å². The van der Waals surface area contributed by atoms with E-state index >= 15 is 0 Å². The van der Waals surface area contributed by atoms with E-state index in [4.69, 9.17) is 10.5 Å². The molecule has 0 unspecified atom stereocenters. The Bertz CT molecular complexity index is 848. The third kappa shape index (κ3) is 5.45. The maximum atomic E-state index is 12.2. The van der Waals surface area contributed by atoms with Crippen LogP contribution in [0, 0.1) is 0 Å². The van der Waals surface area contributed by atoms with Crippen molar-refractivity contribution in [2.24, 2.45) is 0 Å². The van der Waals surface area contributed by atoms with Crippen LogP contribution in [0.5, 0.6) is 0 Å². The van der Waals surface area contributed by atoms with Crippen molar-refractivity contribution in [3.8, 4) is 0 Å².